The molecular formula is C21H36. The molecule has 0 spiro atoms. The molecule has 0 aromatic heterocycles. The highest BCUT2D eigenvalue weighted by Crippen LogP contribution is 2.32. The van der Waals surface area contributed by atoms with Crippen molar-refractivity contribution < 1.29 is 0 Å². The summed E-state index contributed by atoms with van der Waals surface area (Å²) < 4.78 is 0. The van der Waals surface area contributed by atoms with Gasteiger partial charge in [-0.15, -0.1) is 0 Å². The van der Waals surface area contributed by atoms with Crippen LogP contribution in [-0.2, 0) is 0 Å². The zero-order valence-corrected chi connectivity index (χ0v) is 15.4. The molecule has 0 saturated heterocycles. The van der Waals surface area contributed by atoms with Gasteiger partial charge in [-0.25, -0.2) is 0 Å². The summed E-state index contributed by atoms with van der Waals surface area (Å²) in [6.45, 7) is 19.7. The van der Waals surface area contributed by atoms with E-state index in [1.165, 1.54) is 12.8 Å². The molecule has 2 unspecified atom stereocenters. The van der Waals surface area contributed by atoms with Crippen LogP contribution in [0.4, 0.5) is 0 Å². The zero-order valence-electron chi connectivity index (χ0n) is 15.4. The highest BCUT2D eigenvalue weighted by Gasteiger charge is 2.20. The lowest BCUT2D eigenvalue weighted by Crippen LogP contribution is -2.15. The Balaban J connectivity index is 4.53. The van der Waals surface area contributed by atoms with Crippen LogP contribution in [0.25, 0.3) is 0 Å². The van der Waals surface area contributed by atoms with Gasteiger partial charge in [-0.1, -0.05) is 75.8 Å². The number of hydrogen-bond acceptors (Lipinski definition) is 0. The highest BCUT2D eigenvalue weighted by atomic mass is 14.2. The van der Waals surface area contributed by atoms with E-state index in [0.29, 0.717) is 11.3 Å². The minimum atomic E-state index is 0.318. The Morgan fingerprint density at radius 3 is 2.29 bits per heavy atom. The van der Waals surface area contributed by atoms with Gasteiger partial charge >= 0.3 is 0 Å². The predicted octanol–water partition coefficient (Wildman–Crippen LogP) is 7.11. The first kappa shape index (κ1) is 20.0. The fourth-order valence-electron chi connectivity index (χ4n) is 2.71. The first-order chi connectivity index (χ1) is 9.73. The van der Waals surface area contributed by atoms with E-state index in [2.05, 4.69) is 78.5 Å². The second kappa shape index (κ2) is 9.82. The quantitative estimate of drug-likeness (QED) is 0.313. The molecule has 0 heterocycles. The van der Waals surface area contributed by atoms with Crippen molar-refractivity contribution in [2.45, 2.75) is 67.7 Å². The van der Waals surface area contributed by atoms with Gasteiger partial charge in [-0.3, -0.25) is 0 Å². The van der Waals surface area contributed by atoms with Crippen molar-refractivity contribution in [2.75, 3.05) is 0 Å². The third-order valence-corrected chi connectivity index (χ3v) is 4.43. The van der Waals surface area contributed by atoms with Crippen LogP contribution in [0, 0.1) is 17.3 Å². The number of rotatable bonds is 9. The van der Waals surface area contributed by atoms with Crippen molar-refractivity contribution in [2.24, 2.45) is 17.3 Å². The molecule has 120 valence electrons. The Bertz CT molecular complexity index is 390. The van der Waals surface area contributed by atoms with E-state index in [1.807, 2.05) is 6.92 Å². The average Bonchev–Trinajstić information content (AvgIpc) is 2.40. The fraction of sp³-hybridized carbons (Fsp3) is 0.619. The summed E-state index contributed by atoms with van der Waals surface area (Å²) in [6.07, 6.45) is 14.7. The molecule has 21 heavy (non-hydrogen) atoms. The maximum absolute atomic E-state index is 3.92. The van der Waals surface area contributed by atoms with E-state index in [-0.39, 0.29) is 0 Å². The number of allylic oxidation sites excluding steroid dienone is 7. The van der Waals surface area contributed by atoms with Crippen LogP contribution in [0.2, 0.25) is 0 Å². The molecule has 0 bridgehead atoms. The molecule has 0 saturated carbocycles. The predicted molar refractivity (Wildman–Crippen MR) is 98.5 cm³/mol. The summed E-state index contributed by atoms with van der Waals surface area (Å²) in [5, 5.41) is 0. The van der Waals surface area contributed by atoms with Crippen molar-refractivity contribution in [3.8, 4) is 0 Å². The summed E-state index contributed by atoms with van der Waals surface area (Å²) in [7, 11) is 0. The molecule has 0 heteroatoms. The van der Waals surface area contributed by atoms with Crippen molar-refractivity contribution >= 4 is 0 Å². The lowest BCUT2D eigenvalue weighted by molar-refractivity contribution is 0.327. The second-order valence-corrected chi connectivity index (χ2v) is 7.11. The largest absolute Gasteiger partial charge is 0.0961 e. The molecule has 0 nitrogen and oxygen atoms in total. The Labute approximate surface area is 133 Å². The van der Waals surface area contributed by atoms with Crippen LogP contribution in [-0.4, -0.2) is 0 Å². The summed E-state index contributed by atoms with van der Waals surface area (Å²) in [5.41, 5.74) is 2.99. The molecule has 0 aliphatic carbocycles. The van der Waals surface area contributed by atoms with E-state index in [4.69, 9.17) is 0 Å². The van der Waals surface area contributed by atoms with Gasteiger partial charge in [-0.2, -0.15) is 0 Å². The van der Waals surface area contributed by atoms with Gasteiger partial charge in [0, 0.05) is 0 Å². The fourth-order valence-corrected chi connectivity index (χ4v) is 2.71. The van der Waals surface area contributed by atoms with Crippen LogP contribution >= 0.6 is 0 Å². The summed E-state index contributed by atoms with van der Waals surface area (Å²) in [6, 6.07) is 0. The lowest BCUT2D eigenvalue weighted by atomic mass is 9.79. The van der Waals surface area contributed by atoms with Crippen LogP contribution < -0.4 is 0 Å². The molecule has 0 aromatic carbocycles. The third-order valence-electron chi connectivity index (χ3n) is 4.43. The summed E-state index contributed by atoms with van der Waals surface area (Å²) in [4.78, 5) is 0. The molecule has 0 fully saturated rings. The molecule has 0 rings (SSSR count). The van der Waals surface area contributed by atoms with Crippen LogP contribution in [0.3, 0.4) is 0 Å². The molecule has 0 N–H and O–H groups in total. The van der Waals surface area contributed by atoms with Gasteiger partial charge in [0.25, 0.3) is 0 Å². The maximum atomic E-state index is 3.92. The van der Waals surface area contributed by atoms with E-state index in [1.54, 1.807) is 5.57 Å². The molecule has 0 aromatic rings. The van der Waals surface area contributed by atoms with Gasteiger partial charge in [0.1, 0.15) is 0 Å². The maximum Gasteiger partial charge on any atom is -0.0133 e. The Hall–Kier alpha value is -1.04. The van der Waals surface area contributed by atoms with Gasteiger partial charge in [0.2, 0.25) is 0 Å². The van der Waals surface area contributed by atoms with Crippen molar-refractivity contribution in [3.05, 3.63) is 48.1 Å². The first-order valence-corrected chi connectivity index (χ1v) is 8.34. The third kappa shape index (κ3) is 8.75. The normalized spacial score (nSPS) is 16.6. The van der Waals surface area contributed by atoms with Crippen LogP contribution in [0.15, 0.2) is 48.1 Å². The highest BCUT2D eigenvalue weighted by molar-refractivity contribution is 5.17. The lowest BCUT2D eigenvalue weighted by Gasteiger charge is -2.27. The average molecular weight is 289 g/mol. The second-order valence-electron chi connectivity index (χ2n) is 7.11. The van der Waals surface area contributed by atoms with E-state index in [9.17, 15) is 0 Å². The molecule has 0 aliphatic rings. The Morgan fingerprint density at radius 2 is 1.81 bits per heavy atom. The summed E-state index contributed by atoms with van der Waals surface area (Å²) >= 11 is 0. The molecule has 0 radical (unpaired) electrons. The van der Waals surface area contributed by atoms with Crippen molar-refractivity contribution in [1.29, 1.82) is 0 Å². The van der Waals surface area contributed by atoms with Gasteiger partial charge in [0.15, 0.2) is 0 Å². The standard InChI is InChI=1S/C21H36/c1-9-15-21(7,8)16-14-18(5)19(6)20(10-2)13-11-12-17(3)4/h9-12,15,18-19H,3,13-14,16H2,1-2,4-8H3. The van der Waals surface area contributed by atoms with Crippen LogP contribution in [0.1, 0.15) is 67.7 Å². The number of hydrogen-bond donors (Lipinski definition) is 0. The van der Waals surface area contributed by atoms with Gasteiger partial charge < -0.3 is 0 Å². The van der Waals surface area contributed by atoms with E-state index < -0.39 is 0 Å². The molecule has 0 aliphatic heterocycles. The molecular weight excluding hydrogens is 252 g/mol. The smallest absolute Gasteiger partial charge is 0.0133 e. The van der Waals surface area contributed by atoms with Gasteiger partial charge in [-0.05, 0) is 57.3 Å². The van der Waals surface area contributed by atoms with Crippen LogP contribution in [0.5, 0.6) is 0 Å². The van der Waals surface area contributed by atoms with Crippen molar-refractivity contribution in [3.63, 3.8) is 0 Å². The topological polar surface area (TPSA) is 0 Å². The Kier molecular flexibility index (Phi) is 9.33. The van der Waals surface area contributed by atoms with Gasteiger partial charge in [0.05, 0.1) is 0 Å². The monoisotopic (exact) mass is 288 g/mol. The summed E-state index contributed by atoms with van der Waals surface area (Å²) in [5.74, 6) is 1.37. The zero-order chi connectivity index (χ0) is 16.5. The molecule has 0 amide bonds. The Morgan fingerprint density at radius 1 is 1.19 bits per heavy atom. The van der Waals surface area contributed by atoms with E-state index >= 15 is 0 Å². The minimum absolute atomic E-state index is 0.318. The minimum Gasteiger partial charge on any atom is -0.0961 e. The molecule has 2 atom stereocenters. The SMILES string of the molecule is C=C(C)C=CCC(=CC)C(C)C(C)CCC(C)(C)C=CC. The van der Waals surface area contributed by atoms with E-state index in [0.717, 1.165) is 17.9 Å². The van der Waals surface area contributed by atoms with Crippen molar-refractivity contribution in [1.82, 2.24) is 0 Å². The first-order valence-electron chi connectivity index (χ1n) is 8.34.